The molecule has 0 bridgehead atoms. The lowest BCUT2D eigenvalue weighted by atomic mass is 10.2. The first-order valence-electron chi connectivity index (χ1n) is 7.74. The first kappa shape index (κ1) is 15.8. The zero-order chi connectivity index (χ0) is 15.9. The summed E-state index contributed by atoms with van der Waals surface area (Å²) < 4.78 is 0. The molecule has 0 unspecified atom stereocenters. The summed E-state index contributed by atoms with van der Waals surface area (Å²) in [5, 5.41) is 0. The Morgan fingerprint density at radius 3 is 2.39 bits per heavy atom. The number of piperazine rings is 1. The van der Waals surface area contributed by atoms with Crippen molar-refractivity contribution in [2.24, 2.45) is 0 Å². The molecular formula is C17H20N4OS. The fourth-order valence-corrected chi connectivity index (χ4v) is 3.42. The Labute approximate surface area is 140 Å². The van der Waals surface area contributed by atoms with Gasteiger partial charge in [-0.05, 0) is 11.6 Å². The van der Waals surface area contributed by atoms with E-state index in [-0.39, 0.29) is 5.91 Å². The predicted molar refractivity (Wildman–Crippen MR) is 93.4 cm³/mol. The minimum atomic E-state index is 0.222. The minimum Gasteiger partial charge on any atom is -0.338 e. The molecule has 5 nitrogen and oxygen atoms in total. The summed E-state index contributed by atoms with van der Waals surface area (Å²) in [5.74, 6) is 2.39. The molecule has 23 heavy (non-hydrogen) atoms. The molecule has 1 fully saturated rings. The van der Waals surface area contributed by atoms with Crippen molar-refractivity contribution in [1.29, 1.82) is 0 Å². The van der Waals surface area contributed by atoms with Crippen LogP contribution in [0, 0.1) is 0 Å². The number of hydrogen-bond donors (Lipinski definition) is 0. The van der Waals surface area contributed by atoms with Crippen LogP contribution in [0.15, 0.2) is 48.8 Å². The molecule has 6 heteroatoms. The first-order valence-corrected chi connectivity index (χ1v) is 8.90. The minimum absolute atomic E-state index is 0.222. The molecule has 0 spiro atoms. The third-order valence-corrected chi connectivity index (χ3v) is 4.79. The summed E-state index contributed by atoms with van der Waals surface area (Å²) in [6, 6.07) is 12.1. The molecular weight excluding hydrogens is 308 g/mol. The molecule has 1 aromatic carbocycles. The summed E-state index contributed by atoms with van der Waals surface area (Å²) in [6.07, 6.45) is 3.50. The maximum atomic E-state index is 12.3. The normalized spacial score (nSPS) is 14.8. The van der Waals surface area contributed by atoms with Gasteiger partial charge in [0.1, 0.15) is 0 Å². The van der Waals surface area contributed by atoms with E-state index in [2.05, 4.69) is 27.0 Å². The first-order chi connectivity index (χ1) is 11.3. The fourth-order valence-electron chi connectivity index (χ4n) is 2.53. The lowest BCUT2D eigenvalue weighted by Crippen LogP contribution is -2.49. The van der Waals surface area contributed by atoms with Gasteiger partial charge in [0.2, 0.25) is 11.9 Å². The number of carbonyl (C=O) groups is 1. The van der Waals surface area contributed by atoms with Crippen LogP contribution in [0.4, 0.5) is 5.95 Å². The molecule has 0 aliphatic carbocycles. The Bertz CT molecular complexity index is 615. The molecule has 2 heterocycles. The summed E-state index contributed by atoms with van der Waals surface area (Å²) in [5.41, 5.74) is 1.26. The van der Waals surface area contributed by atoms with E-state index in [0.717, 1.165) is 37.9 Å². The average Bonchev–Trinajstić information content (AvgIpc) is 2.63. The van der Waals surface area contributed by atoms with Crippen molar-refractivity contribution in [3.05, 3.63) is 54.4 Å². The number of amides is 1. The van der Waals surface area contributed by atoms with Gasteiger partial charge in [0, 0.05) is 44.3 Å². The molecule has 1 saturated heterocycles. The third kappa shape index (κ3) is 4.45. The van der Waals surface area contributed by atoms with Crippen molar-refractivity contribution in [3.63, 3.8) is 0 Å². The smallest absolute Gasteiger partial charge is 0.232 e. The lowest BCUT2D eigenvalue weighted by molar-refractivity contribution is -0.128. The molecule has 3 rings (SSSR count). The highest BCUT2D eigenvalue weighted by atomic mass is 32.2. The van der Waals surface area contributed by atoms with E-state index in [0.29, 0.717) is 5.75 Å². The summed E-state index contributed by atoms with van der Waals surface area (Å²) in [6.45, 7) is 3.06. The number of nitrogens with zero attached hydrogens (tertiary/aromatic N) is 4. The van der Waals surface area contributed by atoms with Crippen LogP contribution in [0.25, 0.3) is 0 Å². The SMILES string of the molecule is O=C(CSCc1ccccc1)N1CCN(c2ncccn2)CC1. The standard InChI is InChI=1S/C17H20N4OS/c22-16(14-23-13-15-5-2-1-3-6-15)20-9-11-21(12-10-20)17-18-7-4-8-19-17/h1-8H,9-14H2. The zero-order valence-corrected chi connectivity index (χ0v) is 13.8. The van der Waals surface area contributed by atoms with Crippen LogP contribution < -0.4 is 4.90 Å². The summed E-state index contributed by atoms with van der Waals surface area (Å²) in [7, 11) is 0. The van der Waals surface area contributed by atoms with E-state index in [4.69, 9.17) is 0 Å². The highest BCUT2D eigenvalue weighted by Crippen LogP contribution is 2.14. The monoisotopic (exact) mass is 328 g/mol. The van der Waals surface area contributed by atoms with Crippen LogP contribution in [0.5, 0.6) is 0 Å². The van der Waals surface area contributed by atoms with Crippen molar-refractivity contribution in [2.75, 3.05) is 36.8 Å². The van der Waals surface area contributed by atoms with Crippen LogP contribution >= 0.6 is 11.8 Å². The molecule has 2 aromatic rings. The van der Waals surface area contributed by atoms with E-state index in [1.807, 2.05) is 29.2 Å². The molecule has 1 amide bonds. The zero-order valence-electron chi connectivity index (χ0n) is 13.0. The van der Waals surface area contributed by atoms with Gasteiger partial charge in [-0.25, -0.2) is 9.97 Å². The number of thioether (sulfide) groups is 1. The van der Waals surface area contributed by atoms with Crippen LogP contribution in [-0.2, 0) is 10.5 Å². The highest BCUT2D eigenvalue weighted by molar-refractivity contribution is 7.99. The van der Waals surface area contributed by atoms with Gasteiger partial charge in [-0.1, -0.05) is 30.3 Å². The van der Waals surface area contributed by atoms with E-state index in [1.165, 1.54) is 5.56 Å². The molecule has 0 atom stereocenters. The Balaban J connectivity index is 1.41. The van der Waals surface area contributed by atoms with Gasteiger partial charge in [-0.3, -0.25) is 4.79 Å². The predicted octanol–water partition coefficient (Wildman–Crippen LogP) is 2.06. The van der Waals surface area contributed by atoms with Gasteiger partial charge < -0.3 is 9.80 Å². The van der Waals surface area contributed by atoms with Gasteiger partial charge in [-0.2, -0.15) is 0 Å². The molecule has 1 aliphatic heterocycles. The van der Waals surface area contributed by atoms with E-state index < -0.39 is 0 Å². The number of carbonyl (C=O) groups excluding carboxylic acids is 1. The van der Waals surface area contributed by atoms with Crippen LogP contribution in [0.2, 0.25) is 0 Å². The van der Waals surface area contributed by atoms with Gasteiger partial charge in [-0.15, -0.1) is 11.8 Å². The van der Waals surface area contributed by atoms with Crippen LogP contribution in [0.3, 0.4) is 0 Å². The Morgan fingerprint density at radius 2 is 1.70 bits per heavy atom. The highest BCUT2D eigenvalue weighted by Gasteiger charge is 2.22. The Hall–Kier alpha value is -2.08. The topological polar surface area (TPSA) is 49.3 Å². The van der Waals surface area contributed by atoms with Gasteiger partial charge >= 0.3 is 0 Å². The van der Waals surface area contributed by atoms with Gasteiger partial charge in [0.15, 0.2) is 0 Å². The van der Waals surface area contributed by atoms with E-state index in [9.17, 15) is 4.79 Å². The van der Waals surface area contributed by atoms with Crippen LogP contribution in [0.1, 0.15) is 5.56 Å². The summed E-state index contributed by atoms with van der Waals surface area (Å²) >= 11 is 1.68. The van der Waals surface area contributed by atoms with Crippen molar-refractivity contribution >= 4 is 23.6 Å². The molecule has 0 radical (unpaired) electrons. The van der Waals surface area contributed by atoms with E-state index >= 15 is 0 Å². The fraction of sp³-hybridized carbons (Fsp3) is 0.353. The number of rotatable bonds is 5. The Morgan fingerprint density at radius 1 is 1.00 bits per heavy atom. The van der Waals surface area contributed by atoms with Crippen molar-refractivity contribution in [2.45, 2.75) is 5.75 Å². The maximum absolute atomic E-state index is 12.3. The second-order valence-corrected chi connectivity index (χ2v) is 6.38. The number of anilines is 1. The molecule has 120 valence electrons. The lowest BCUT2D eigenvalue weighted by Gasteiger charge is -2.34. The van der Waals surface area contributed by atoms with Crippen LogP contribution in [-0.4, -0.2) is 52.7 Å². The third-order valence-electron chi connectivity index (χ3n) is 3.80. The number of hydrogen-bond acceptors (Lipinski definition) is 5. The molecule has 0 saturated carbocycles. The number of benzene rings is 1. The summed E-state index contributed by atoms with van der Waals surface area (Å²) in [4.78, 5) is 24.9. The number of aromatic nitrogens is 2. The second kappa shape index (κ2) is 7.97. The van der Waals surface area contributed by atoms with Crippen molar-refractivity contribution < 1.29 is 4.79 Å². The Kier molecular flexibility index (Phi) is 5.47. The molecule has 1 aromatic heterocycles. The van der Waals surface area contributed by atoms with Crippen molar-refractivity contribution in [1.82, 2.24) is 14.9 Å². The van der Waals surface area contributed by atoms with Gasteiger partial charge in [0.05, 0.1) is 5.75 Å². The van der Waals surface area contributed by atoms with E-state index in [1.54, 1.807) is 24.2 Å². The second-order valence-electron chi connectivity index (χ2n) is 5.40. The molecule has 0 N–H and O–H groups in total. The molecule has 1 aliphatic rings. The quantitative estimate of drug-likeness (QED) is 0.841. The maximum Gasteiger partial charge on any atom is 0.232 e. The largest absolute Gasteiger partial charge is 0.338 e. The van der Waals surface area contributed by atoms with Gasteiger partial charge in [0.25, 0.3) is 0 Å². The average molecular weight is 328 g/mol. The van der Waals surface area contributed by atoms with Crippen molar-refractivity contribution in [3.8, 4) is 0 Å².